The van der Waals surface area contributed by atoms with Crippen LogP contribution < -0.4 is 0 Å². The molecule has 288 valence electrons. The van der Waals surface area contributed by atoms with Crippen molar-refractivity contribution in [3.05, 3.63) is 200 Å². The van der Waals surface area contributed by atoms with E-state index >= 15 is 0 Å². The lowest BCUT2D eigenvalue weighted by molar-refractivity contribution is 1.08. The maximum absolute atomic E-state index is 5.26. The van der Waals surface area contributed by atoms with Crippen molar-refractivity contribution in [2.75, 3.05) is 0 Å². The zero-order valence-electron chi connectivity index (χ0n) is 33.2. The lowest BCUT2D eigenvalue weighted by Gasteiger charge is -2.12. The number of rotatable bonds is 5. The van der Waals surface area contributed by atoms with Gasteiger partial charge in [0.25, 0.3) is 0 Å². The Morgan fingerprint density at radius 3 is 1.66 bits per heavy atom. The molecule has 5 heteroatoms. The van der Waals surface area contributed by atoms with Crippen LogP contribution in [0.1, 0.15) is 0 Å². The highest BCUT2D eigenvalue weighted by molar-refractivity contribution is 7.26. The van der Waals surface area contributed by atoms with Crippen LogP contribution in [-0.2, 0) is 0 Å². The van der Waals surface area contributed by atoms with Crippen molar-refractivity contribution >= 4 is 95.3 Å². The summed E-state index contributed by atoms with van der Waals surface area (Å²) in [5, 5.41) is 12.6. The number of benzene rings is 10. The van der Waals surface area contributed by atoms with Crippen molar-refractivity contribution in [2.24, 2.45) is 0 Å². The van der Waals surface area contributed by atoms with E-state index < -0.39 is 0 Å². The first-order valence-corrected chi connectivity index (χ1v) is 22.5. The lowest BCUT2D eigenvalue weighted by Crippen LogP contribution is -2.00. The highest BCUT2D eigenvalue weighted by Crippen LogP contribution is 2.44. The minimum absolute atomic E-state index is 0.647. The molecule has 0 saturated carbocycles. The van der Waals surface area contributed by atoms with E-state index in [4.69, 9.17) is 15.0 Å². The molecule has 0 saturated heterocycles. The fourth-order valence-electron chi connectivity index (χ4n) is 9.47. The van der Waals surface area contributed by atoms with Gasteiger partial charge in [-0.15, -0.1) is 22.7 Å². The summed E-state index contributed by atoms with van der Waals surface area (Å²) in [6.45, 7) is 0. The van der Waals surface area contributed by atoms with Crippen LogP contribution in [-0.4, -0.2) is 15.0 Å². The summed E-state index contributed by atoms with van der Waals surface area (Å²) < 4.78 is 5.01. The van der Waals surface area contributed by atoms with E-state index in [0.29, 0.717) is 17.5 Å². The van der Waals surface area contributed by atoms with Gasteiger partial charge in [0.05, 0.1) is 0 Å². The zero-order valence-corrected chi connectivity index (χ0v) is 34.8. The Labute approximate surface area is 364 Å². The SMILES string of the molecule is c1ccc(-c2nc(-c3cccc(-c4cccc5sc6ccc(-c7cccc8c7ccc7c9ccccc9ccc87)cc6c45)c3)nc(-c3cccc4sc5ccccc5c34)n2)cc1. The molecule has 62 heavy (non-hydrogen) atoms. The van der Waals surface area contributed by atoms with Gasteiger partial charge in [0, 0.05) is 57.0 Å². The second-order valence-corrected chi connectivity index (χ2v) is 18.0. The van der Waals surface area contributed by atoms with Crippen LogP contribution in [0.5, 0.6) is 0 Å². The van der Waals surface area contributed by atoms with Crippen LogP contribution in [0.2, 0.25) is 0 Å². The molecule has 0 unspecified atom stereocenters. The zero-order chi connectivity index (χ0) is 40.7. The van der Waals surface area contributed by atoms with Crippen LogP contribution in [0.15, 0.2) is 200 Å². The van der Waals surface area contributed by atoms with E-state index in [-0.39, 0.29) is 0 Å². The minimum atomic E-state index is 0.647. The van der Waals surface area contributed by atoms with Gasteiger partial charge in [-0.05, 0) is 91.0 Å². The quantitative estimate of drug-likeness (QED) is 0.162. The first-order valence-electron chi connectivity index (χ1n) is 20.8. The largest absolute Gasteiger partial charge is 0.208 e. The Bertz CT molecular complexity index is 3940. The van der Waals surface area contributed by atoms with Gasteiger partial charge in [0.15, 0.2) is 17.5 Å². The average molecular weight is 824 g/mol. The third-order valence-corrected chi connectivity index (χ3v) is 14.6. The van der Waals surface area contributed by atoms with Crippen LogP contribution in [0.3, 0.4) is 0 Å². The molecule has 13 aromatic rings. The maximum atomic E-state index is 5.26. The number of hydrogen-bond acceptors (Lipinski definition) is 5. The number of fused-ring (bicyclic) bond motifs is 11. The van der Waals surface area contributed by atoms with E-state index in [1.165, 1.54) is 89.4 Å². The Kier molecular flexibility index (Phi) is 7.95. The molecule has 13 rings (SSSR count). The molecule has 0 amide bonds. The molecule has 0 aliphatic heterocycles. The first-order chi connectivity index (χ1) is 30.7. The normalized spacial score (nSPS) is 11.9. The van der Waals surface area contributed by atoms with Crippen LogP contribution in [0.4, 0.5) is 0 Å². The van der Waals surface area contributed by atoms with Crippen molar-refractivity contribution in [1.29, 1.82) is 0 Å². The van der Waals surface area contributed by atoms with Gasteiger partial charge >= 0.3 is 0 Å². The summed E-state index contributed by atoms with van der Waals surface area (Å²) in [5.74, 6) is 1.97. The fourth-order valence-corrected chi connectivity index (χ4v) is 11.7. The van der Waals surface area contributed by atoms with Crippen LogP contribution in [0.25, 0.3) is 129 Å². The lowest BCUT2D eigenvalue weighted by atomic mass is 9.92. The van der Waals surface area contributed by atoms with Gasteiger partial charge in [-0.3, -0.25) is 0 Å². The molecule has 0 radical (unpaired) electrons. The van der Waals surface area contributed by atoms with E-state index in [0.717, 1.165) is 22.3 Å². The second-order valence-electron chi connectivity index (χ2n) is 15.9. The van der Waals surface area contributed by atoms with E-state index in [1.54, 1.807) is 11.3 Å². The second kappa shape index (κ2) is 14.0. The van der Waals surface area contributed by atoms with E-state index in [1.807, 2.05) is 29.5 Å². The van der Waals surface area contributed by atoms with Gasteiger partial charge in [-0.1, -0.05) is 164 Å². The Balaban J connectivity index is 0.962. The summed E-state index contributed by atoms with van der Waals surface area (Å²) in [7, 11) is 0. The summed E-state index contributed by atoms with van der Waals surface area (Å²) in [5.41, 5.74) is 7.67. The molecule has 0 N–H and O–H groups in total. The van der Waals surface area contributed by atoms with Crippen molar-refractivity contribution in [3.8, 4) is 56.4 Å². The summed E-state index contributed by atoms with van der Waals surface area (Å²) in [6.07, 6.45) is 0. The van der Waals surface area contributed by atoms with Gasteiger partial charge in [-0.25, -0.2) is 15.0 Å². The molecule has 0 aliphatic carbocycles. The smallest absolute Gasteiger partial charge is 0.164 e. The van der Waals surface area contributed by atoms with Crippen LogP contribution in [0, 0.1) is 0 Å². The molecule has 0 spiro atoms. The van der Waals surface area contributed by atoms with Crippen molar-refractivity contribution < 1.29 is 0 Å². The van der Waals surface area contributed by atoms with Gasteiger partial charge in [-0.2, -0.15) is 0 Å². The molecule has 0 atom stereocenters. The Morgan fingerprint density at radius 2 is 0.790 bits per heavy atom. The molecule has 10 aromatic carbocycles. The molecule has 3 aromatic heterocycles. The maximum Gasteiger partial charge on any atom is 0.164 e. The predicted octanol–water partition coefficient (Wildman–Crippen LogP) is 16.4. The standard InChI is InChI=1S/C57H33N3S2/c1-2-13-35(14-3-1)55-58-56(60-57(59-55)47-22-11-25-52-54(47)46-18-6-7-23-49(46)61-52)38-16-8-15-36(32-38)41-20-10-24-51-53(41)48-33-37(27-31-50(48)62-51)40-19-9-21-42-44(40)30-29-43-39-17-5-4-12-34(39)26-28-45(42)43/h1-33H. The van der Waals surface area contributed by atoms with E-state index in [2.05, 4.69) is 182 Å². The third kappa shape index (κ3) is 5.60. The molecular formula is C57H33N3S2. The monoisotopic (exact) mass is 823 g/mol. The molecule has 0 fully saturated rings. The number of thiophene rings is 2. The summed E-state index contributed by atoms with van der Waals surface area (Å²) in [6, 6.07) is 72.2. The van der Waals surface area contributed by atoms with Crippen molar-refractivity contribution in [1.82, 2.24) is 15.0 Å². The molecule has 3 heterocycles. The van der Waals surface area contributed by atoms with Crippen molar-refractivity contribution in [3.63, 3.8) is 0 Å². The topological polar surface area (TPSA) is 38.7 Å². The fraction of sp³-hybridized carbons (Fsp3) is 0. The Hall–Kier alpha value is -7.57. The molecular weight excluding hydrogens is 791 g/mol. The third-order valence-electron chi connectivity index (χ3n) is 12.3. The number of nitrogens with zero attached hydrogens (tertiary/aromatic N) is 3. The first kappa shape index (κ1) is 35.2. The van der Waals surface area contributed by atoms with Crippen molar-refractivity contribution in [2.45, 2.75) is 0 Å². The average Bonchev–Trinajstić information content (AvgIpc) is 3.92. The predicted molar refractivity (Wildman–Crippen MR) is 265 cm³/mol. The van der Waals surface area contributed by atoms with E-state index in [9.17, 15) is 0 Å². The minimum Gasteiger partial charge on any atom is -0.208 e. The molecule has 3 nitrogen and oxygen atoms in total. The van der Waals surface area contributed by atoms with Crippen LogP contribution >= 0.6 is 22.7 Å². The number of hydrogen-bond donors (Lipinski definition) is 0. The Morgan fingerprint density at radius 1 is 0.258 bits per heavy atom. The van der Waals surface area contributed by atoms with Gasteiger partial charge in [0.2, 0.25) is 0 Å². The number of aromatic nitrogens is 3. The summed E-state index contributed by atoms with van der Waals surface area (Å²) >= 11 is 3.65. The highest BCUT2D eigenvalue weighted by atomic mass is 32.1. The molecule has 0 aliphatic rings. The highest BCUT2D eigenvalue weighted by Gasteiger charge is 2.19. The van der Waals surface area contributed by atoms with Gasteiger partial charge < -0.3 is 0 Å². The molecule has 0 bridgehead atoms. The van der Waals surface area contributed by atoms with Gasteiger partial charge in [0.1, 0.15) is 0 Å². The summed E-state index contributed by atoms with van der Waals surface area (Å²) in [4.78, 5) is 15.6.